The van der Waals surface area contributed by atoms with Crippen molar-refractivity contribution in [3.05, 3.63) is 52.6 Å². The summed E-state index contributed by atoms with van der Waals surface area (Å²) in [6, 6.07) is 10.2. The second kappa shape index (κ2) is 6.22. The van der Waals surface area contributed by atoms with E-state index < -0.39 is 10.9 Å². The van der Waals surface area contributed by atoms with Gasteiger partial charge in [-0.1, -0.05) is 0 Å². The molecule has 0 fully saturated rings. The number of carbonyl (C=O) groups excluding carboxylic acids is 1. The largest absolute Gasteiger partial charge is 0.482 e. The third-order valence-electron chi connectivity index (χ3n) is 2.98. The molecule has 1 heterocycles. The quantitative estimate of drug-likeness (QED) is 0.361. The van der Waals surface area contributed by atoms with Crippen LogP contribution in [0, 0.1) is 10.1 Å². The first-order valence-corrected chi connectivity index (χ1v) is 6.59. The molecule has 0 amide bonds. The highest BCUT2D eigenvalue weighted by atomic mass is 16.7. The van der Waals surface area contributed by atoms with Crippen molar-refractivity contribution < 1.29 is 28.7 Å². The van der Waals surface area contributed by atoms with Crippen LogP contribution in [0.2, 0.25) is 0 Å². The van der Waals surface area contributed by atoms with Gasteiger partial charge in [0.2, 0.25) is 6.79 Å². The minimum Gasteiger partial charge on any atom is -0.482 e. The van der Waals surface area contributed by atoms with E-state index in [1.165, 1.54) is 24.3 Å². The zero-order valence-corrected chi connectivity index (χ0v) is 11.8. The molecule has 118 valence electrons. The van der Waals surface area contributed by atoms with Gasteiger partial charge in [-0.25, -0.2) is 4.79 Å². The Hall–Kier alpha value is -3.29. The highest BCUT2D eigenvalue weighted by molar-refractivity contribution is 5.74. The van der Waals surface area contributed by atoms with Gasteiger partial charge >= 0.3 is 5.97 Å². The Morgan fingerprint density at radius 3 is 2.52 bits per heavy atom. The average molecular weight is 317 g/mol. The summed E-state index contributed by atoms with van der Waals surface area (Å²) in [5.74, 6) is 1.13. The molecule has 0 saturated carbocycles. The number of nitro benzene ring substituents is 1. The van der Waals surface area contributed by atoms with Crippen molar-refractivity contribution in [2.75, 3.05) is 13.4 Å². The number of ether oxygens (including phenoxy) is 4. The second-order valence-corrected chi connectivity index (χ2v) is 4.53. The molecule has 0 N–H and O–H groups in total. The SMILES string of the molecule is O=C(COc1ccc([N+](=O)[O-])cc1)Oc1ccc2c(c1)OCO2. The van der Waals surface area contributed by atoms with Crippen LogP contribution in [0.5, 0.6) is 23.0 Å². The number of rotatable bonds is 5. The minimum absolute atomic E-state index is 0.0553. The van der Waals surface area contributed by atoms with Crippen molar-refractivity contribution in [1.82, 2.24) is 0 Å². The Balaban J connectivity index is 1.54. The zero-order valence-electron chi connectivity index (χ0n) is 11.8. The van der Waals surface area contributed by atoms with E-state index in [1.807, 2.05) is 0 Å². The topological polar surface area (TPSA) is 97.1 Å². The lowest BCUT2D eigenvalue weighted by Gasteiger charge is -2.07. The number of carbonyl (C=O) groups is 1. The van der Waals surface area contributed by atoms with Crippen molar-refractivity contribution in [3.8, 4) is 23.0 Å². The molecule has 2 aromatic rings. The van der Waals surface area contributed by atoms with Gasteiger partial charge < -0.3 is 18.9 Å². The number of non-ortho nitro benzene ring substituents is 1. The van der Waals surface area contributed by atoms with E-state index in [1.54, 1.807) is 18.2 Å². The molecule has 0 radical (unpaired) electrons. The molecule has 8 nitrogen and oxygen atoms in total. The lowest BCUT2D eigenvalue weighted by atomic mass is 10.3. The highest BCUT2D eigenvalue weighted by Gasteiger charge is 2.15. The van der Waals surface area contributed by atoms with Crippen LogP contribution in [-0.2, 0) is 4.79 Å². The Morgan fingerprint density at radius 1 is 1.09 bits per heavy atom. The molecule has 0 aliphatic carbocycles. The smallest absolute Gasteiger partial charge is 0.349 e. The molecule has 0 saturated heterocycles. The highest BCUT2D eigenvalue weighted by Crippen LogP contribution is 2.35. The summed E-state index contributed by atoms with van der Waals surface area (Å²) in [5.41, 5.74) is -0.0553. The summed E-state index contributed by atoms with van der Waals surface area (Å²) in [7, 11) is 0. The normalized spacial score (nSPS) is 11.8. The maximum atomic E-state index is 11.7. The Morgan fingerprint density at radius 2 is 1.78 bits per heavy atom. The molecular formula is C15H11NO7. The van der Waals surface area contributed by atoms with E-state index in [0.717, 1.165) is 0 Å². The predicted octanol–water partition coefficient (Wildman–Crippen LogP) is 2.31. The molecule has 1 aliphatic rings. The van der Waals surface area contributed by atoms with Crippen molar-refractivity contribution in [3.63, 3.8) is 0 Å². The van der Waals surface area contributed by atoms with E-state index >= 15 is 0 Å². The van der Waals surface area contributed by atoms with Gasteiger partial charge in [0.1, 0.15) is 11.5 Å². The zero-order chi connectivity index (χ0) is 16.2. The number of nitrogens with zero attached hydrogens (tertiary/aromatic N) is 1. The standard InChI is InChI=1S/C15H11NO7/c17-15(8-20-11-3-1-10(2-4-11)16(18)19)23-12-5-6-13-14(7-12)22-9-21-13/h1-7H,8-9H2. The Labute approximate surface area is 130 Å². The summed E-state index contributed by atoms with van der Waals surface area (Å²) in [5, 5.41) is 10.5. The van der Waals surface area contributed by atoms with Crippen molar-refractivity contribution >= 4 is 11.7 Å². The fraction of sp³-hybridized carbons (Fsp3) is 0.133. The maximum Gasteiger partial charge on any atom is 0.349 e. The molecule has 0 unspecified atom stereocenters. The van der Waals surface area contributed by atoms with E-state index in [2.05, 4.69) is 0 Å². The minimum atomic E-state index is -0.609. The van der Waals surface area contributed by atoms with Gasteiger partial charge in [0.15, 0.2) is 18.1 Å². The summed E-state index contributed by atoms with van der Waals surface area (Å²) < 4.78 is 20.7. The van der Waals surface area contributed by atoms with Gasteiger partial charge in [-0.2, -0.15) is 0 Å². The van der Waals surface area contributed by atoms with Crippen LogP contribution in [-0.4, -0.2) is 24.3 Å². The molecule has 1 aliphatic heterocycles. The number of hydrogen-bond donors (Lipinski definition) is 0. The fourth-order valence-corrected chi connectivity index (χ4v) is 1.91. The van der Waals surface area contributed by atoms with Crippen LogP contribution >= 0.6 is 0 Å². The van der Waals surface area contributed by atoms with Crippen LogP contribution in [0.1, 0.15) is 0 Å². The molecule has 3 rings (SSSR count). The van der Waals surface area contributed by atoms with Gasteiger partial charge in [-0.05, 0) is 24.3 Å². The first-order valence-electron chi connectivity index (χ1n) is 6.59. The lowest BCUT2D eigenvalue weighted by Crippen LogP contribution is -2.17. The molecule has 0 atom stereocenters. The summed E-state index contributed by atoms with van der Waals surface area (Å²) in [6.45, 7) is -0.192. The van der Waals surface area contributed by atoms with Gasteiger partial charge in [0.05, 0.1) is 4.92 Å². The average Bonchev–Trinajstić information content (AvgIpc) is 3.01. The number of fused-ring (bicyclic) bond motifs is 1. The van der Waals surface area contributed by atoms with Crippen LogP contribution in [0.3, 0.4) is 0 Å². The summed E-state index contributed by atoms with van der Waals surface area (Å²) in [6.07, 6.45) is 0. The Kier molecular flexibility index (Phi) is 3.96. The first-order chi connectivity index (χ1) is 11.1. The van der Waals surface area contributed by atoms with Gasteiger partial charge in [-0.3, -0.25) is 10.1 Å². The summed E-state index contributed by atoms with van der Waals surface area (Å²) in [4.78, 5) is 21.8. The molecule has 0 bridgehead atoms. The van der Waals surface area contributed by atoms with Crippen molar-refractivity contribution in [2.45, 2.75) is 0 Å². The molecular weight excluding hydrogens is 306 g/mol. The third-order valence-corrected chi connectivity index (χ3v) is 2.98. The number of benzene rings is 2. The number of esters is 1. The van der Waals surface area contributed by atoms with Crippen molar-refractivity contribution in [1.29, 1.82) is 0 Å². The molecule has 23 heavy (non-hydrogen) atoms. The third kappa shape index (κ3) is 3.49. The predicted molar refractivity (Wildman–Crippen MR) is 76.8 cm³/mol. The van der Waals surface area contributed by atoms with Gasteiger partial charge in [0.25, 0.3) is 5.69 Å². The van der Waals surface area contributed by atoms with Crippen LogP contribution < -0.4 is 18.9 Å². The fourth-order valence-electron chi connectivity index (χ4n) is 1.91. The number of nitro groups is 1. The number of hydrogen-bond acceptors (Lipinski definition) is 7. The molecule has 8 heteroatoms. The van der Waals surface area contributed by atoms with Gasteiger partial charge in [-0.15, -0.1) is 0 Å². The van der Waals surface area contributed by atoms with Crippen LogP contribution in [0.25, 0.3) is 0 Å². The summed E-state index contributed by atoms with van der Waals surface area (Å²) >= 11 is 0. The maximum absolute atomic E-state index is 11.7. The lowest BCUT2D eigenvalue weighted by molar-refractivity contribution is -0.384. The van der Waals surface area contributed by atoms with Crippen LogP contribution in [0.4, 0.5) is 5.69 Å². The Bertz CT molecular complexity index is 742. The molecule has 2 aromatic carbocycles. The molecule has 0 aromatic heterocycles. The second-order valence-electron chi connectivity index (χ2n) is 4.53. The first kappa shape index (κ1) is 14.6. The molecule has 0 spiro atoms. The monoisotopic (exact) mass is 317 g/mol. The van der Waals surface area contributed by atoms with E-state index in [-0.39, 0.29) is 19.1 Å². The van der Waals surface area contributed by atoms with E-state index in [9.17, 15) is 14.9 Å². The van der Waals surface area contributed by atoms with E-state index in [4.69, 9.17) is 18.9 Å². The van der Waals surface area contributed by atoms with E-state index in [0.29, 0.717) is 23.0 Å². The van der Waals surface area contributed by atoms with Crippen LogP contribution in [0.15, 0.2) is 42.5 Å². The van der Waals surface area contributed by atoms with Gasteiger partial charge in [0, 0.05) is 18.2 Å². The van der Waals surface area contributed by atoms with Crippen molar-refractivity contribution in [2.24, 2.45) is 0 Å².